The fraction of sp³-hybridized carbons (Fsp3) is 0.800. The Morgan fingerprint density at radius 2 is 1.76 bits per heavy atom. The summed E-state index contributed by atoms with van der Waals surface area (Å²) in [4.78, 5) is 11.2. The van der Waals surface area contributed by atoms with E-state index in [0.29, 0.717) is 12.3 Å². The molecule has 2 heteroatoms. The van der Waals surface area contributed by atoms with Gasteiger partial charge in [0.15, 0.2) is 5.12 Å². The Hall–Kier alpha value is -0.240. The van der Waals surface area contributed by atoms with Gasteiger partial charge in [-0.1, -0.05) is 12.0 Å². The van der Waals surface area contributed by atoms with Crippen molar-refractivity contribution in [3.63, 3.8) is 0 Å². The Morgan fingerprint density at radius 3 is 2.41 bits per heavy atom. The summed E-state index contributed by atoms with van der Waals surface area (Å²) < 4.78 is 0. The van der Waals surface area contributed by atoms with Crippen LogP contribution in [0.1, 0.15) is 51.9 Å². The van der Waals surface area contributed by atoms with Crippen LogP contribution >= 0.6 is 12.6 Å². The summed E-state index contributed by atoms with van der Waals surface area (Å²) in [5.41, 5.74) is 1.32. The highest BCUT2D eigenvalue weighted by molar-refractivity contribution is 7.96. The van der Waals surface area contributed by atoms with E-state index >= 15 is 0 Å². The van der Waals surface area contributed by atoms with Crippen molar-refractivity contribution in [2.24, 2.45) is 23.7 Å². The van der Waals surface area contributed by atoms with Crippen LogP contribution in [-0.4, -0.2) is 5.12 Å². The number of fused-ring (bicyclic) bond motifs is 1. The maximum atomic E-state index is 11.2. The Labute approximate surface area is 110 Å². The summed E-state index contributed by atoms with van der Waals surface area (Å²) in [6.45, 7) is 6.21. The second kappa shape index (κ2) is 5.60. The van der Waals surface area contributed by atoms with E-state index in [1.54, 1.807) is 0 Å². The van der Waals surface area contributed by atoms with E-state index in [1.807, 2.05) is 0 Å². The zero-order valence-electron chi connectivity index (χ0n) is 10.8. The van der Waals surface area contributed by atoms with E-state index in [0.717, 1.165) is 17.8 Å². The standard InChI is InChI=1S/C15H24OS/c1-10(2)8-11-4-3-5-13-12(9-15(16)17)6-7-14(11)13/h11-14H,1,3-9H2,2H3,(H,16,17). The van der Waals surface area contributed by atoms with Crippen molar-refractivity contribution in [2.45, 2.75) is 51.9 Å². The highest BCUT2D eigenvalue weighted by atomic mass is 32.1. The third-order valence-corrected chi connectivity index (χ3v) is 4.97. The zero-order chi connectivity index (χ0) is 12.4. The van der Waals surface area contributed by atoms with Crippen LogP contribution in [0.15, 0.2) is 12.2 Å². The molecule has 0 bridgehead atoms. The molecule has 0 radical (unpaired) electrons. The number of hydrogen-bond donors (Lipinski definition) is 1. The number of thiol groups is 1. The molecular formula is C15H24OS. The van der Waals surface area contributed by atoms with Crippen molar-refractivity contribution in [3.05, 3.63) is 12.2 Å². The van der Waals surface area contributed by atoms with E-state index in [9.17, 15) is 4.79 Å². The summed E-state index contributed by atoms with van der Waals surface area (Å²) in [5.74, 6) is 3.12. The topological polar surface area (TPSA) is 17.1 Å². The molecule has 0 saturated heterocycles. The van der Waals surface area contributed by atoms with E-state index in [2.05, 4.69) is 26.1 Å². The van der Waals surface area contributed by atoms with Gasteiger partial charge in [0.05, 0.1) is 0 Å². The maximum absolute atomic E-state index is 11.2. The third kappa shape index (κ3) is 3.15. The van der Waals surface area contributed by atoms with E-state index < -0.39 is 0 Å². The second-order valence-corrected chi connectivity index (χ2v) is 6.61. The van der Waals surface area contributed by atoms with Crippen molar-refractivity contribution < 1.29 is 4.79 Å². The van der Waals surface area contributed by atoms with Crippen molar-refractivity contribution in [1.29, 1.82) is 0 Å². The Bertz CT molecular complexity index is 310. The molecule has 0 N–H and O–H groups in total. The van der Waals surface area contributed by atoms with Gasteiger partial charge in [-0.15, -0.1) is 19.2 Å². The van der Waals surface area contributed by atoms with Crippen molar-refractivity contribution in [1.82, 2.24) is 0 Å². The van der Waals surface area contributed by atoms with Gasteiger partial charge in [0, 0.05) is 6.42 Å². The molecule has 2 fully saturated rings. The molecule has 0 aliphatic heterocycles. The van der Waals surface area contributed by atoms with Gasteiger partial charge in [0.1, 0.15) is 0 Å². The van der Waals surface area contributed by atoms with Crippen LogP contribution in [0.3, 0.4) is 0 Å². The minimum Gasteiger partial charge on any atom is -0.287 e. The molecule has 1 nitrogen and oxygen atoms in total. The van der Waals surface area contributed by atoms with Crippen molar-refractivity contribution in [2.75, 3.05) is 0 Å². The molecule has 0 aromatic rings. The minimum atomic E-state index is 0.0812. The van der Waals surface area contributed by atoms with Crippen LogP contribution in [0.4, 0.5) is 0 Å². The Morgan fingerprint density at radius 1 is 1.12 bits per heavy atom. The molecule has 2 aliphatic carbocycles. The maximum Gasteiger partial charge on any atom is 0.186 e. The van der Waals surface area contributed by atoms with Gasteiger partial charge >= 0.3 is 0 Å². The quantitative estimate of drug-likeness (QED) is 0.585. The van der Waals surface area contributed by atoms with Crippen molar-refractivity contribution in [3.8, 4) is 0 Å². The van der Waals surface area contributed by atoms with Gasteiger partial charge in [0.25, 0.3) is 0 Å². The summed E-state index contributed by atoms with van der Waals surface area (Å²) in [5, 5.41) is 0.0812. The van der Waals surface area contributed by atoms with Gasteiger partial charge in [-0.2, -0.15) is 0 Å². The molecule has 4 atom stereocenters. The van der Waals surface area contributed by atoms with Crippen LogP contribution in [0, 0.1) is 23.7 Å². The number of rotatable bonds is 4. The lowest BCUT2D eigenvalue weighted by Gasteiger charge is -2.36. The highest BCUT2D eigenvalue weighted by Gasteiger charge is 2.42. The molecule has 17 heavy (non-hydrogen) atoms. The number of hydrogen-bond acceptors (Lipinski definition) is 1. The largest absolute Gasteiger partial charge is 0.287 e. The van der Waals surface area contributed by atoms with Gasteiger partial charge in [-0.3, -0.25) is 4.79 Å². The lowest BCUT2D eigenvalue weighted by Crippen LogP contribution is -2.27. The predicted molar refractivity (Wildman–Crippen MR) is 75.1 cm³/mol. The van der Waals surface area contributed by atoms with E-state index in [4.69, 9.17) is 0 Å². The molecule has 96 valence electrons. The van der Waals surface area contributed by atoms with E-state index in [-0.39, 0.29) is 5.12 Å². The predicted octanol–water partition coefficient (Wildman–Crippen LogP) is 4.24. The third-order valence-electron chi connectivity index (χ3n) is 4.79. The first kappa shape index (κ1) is 13.2. The molecule has 0 aromatic carbocycles. The first-order chi connectivity index (χ1) is 8.08. The van der Waals surface area contributed by atoms with E-state index in [1.165, 1.54) is 44.1 Å². The number of carbonyl (C=O) groups is 1. The number of allylic oxidation sites excluding steroid dienone is 1. The summed E-state index contributed by atoms with van der Waals surface area (Å²) >= 11 is 3.95. The van der Waals surface area contributed by atoms with Crippen LogP contribution in [0.2, 0.25) is 0 Å². The van der Waals surface area contributed by atoms with Gasteiger partial charge in [-0.05, 0) is 62.7 Å². The molecule has 0 aromatic heterocycles. The lowest BCUT2D eigenvalue weighted by atomic mass is 9.69. The average molecular weight is 252 g/mol. The van der Waals surface area contributed by atoms with Crippen LogP contribution in [-0.2, 0) is 4.79 Å². The molecule has 2 saturated carbocycles. The molecule has 0 heterocycles. The monoisotopic (exact) mass is 252 g/mol. The van der Waals surface area contributed by atoms with Crippen LogP contribution < -0.4 is 0 Å². The zero-order valence-corrected chi connectivity index (χ0v) is 11.7. The fourth-order valence-corrected chi connectivity index (χ4v) is 4.46. The summed E-state index contributed by atoms with van der Waals surface area (Å²) in [6.07, 6.45) is 8.52. The normalized spacial score (nSPS) is 36.6. The smallest absolute Gasteiger partial charge is 0.186 e. The van der Waals surface area contributed by atoms with Gasteiger partial charge < -0.3 is 0 Å². The highest BCUT2D eigenvalue weighted by Crippen LogP contribution is 2.51. The SMILES string of the molecule is C=C(C)CC1CCCC2C(CC(=O)S)CCC12. The first-order valence-corrected chi connectivity index (χ1v) is 7.39. The number of carbonyl (C=O) groups excluding carboxylic acids is 1. The van der Waals surface area contributed by atoms with Gasteiger partial charge in [-0.25, -0.2) is 0 Å². The van der Waals surface area contributed by atoms with Crippen LogP contribution in [0.25, 0.3) is 0 Å². The first-order valence-electron chi connectivity index (χ1n) is 6.94. The summed E-state index contributed by atoms with van der Waals surface area (Å²) in [6, 6.07) is 0. The molecule has 4 unspecified atom stereocenters. The Kier molecular flexibility index (Phi) is 4.35. The molecule has 2 aliphatic rings. The molecule has 0 spiro atoms. The fourth-order valence-electron chi connectivity index (χ4n) is 4.23. The minimum absolute atomic E-state index is 0.0812. The van der Waals surface area contributed by atoms with Crippen LogP contribution in [0.5, 0.6) is 0 Å². The molecule has 0 amide bonds. The van der Waals surface area contributed by atoms with Crippen molar-refractivity contribution >= 4 is 17.7 Å². The second-order valence-electron chi connectivity index (χ2n) is 6.12. The molecule has 2 rings (SSSR count). The van der Waals surface area contributed by atoms with Gasteiger partial charge in [0.2, 0.25) is 0 Å². The molecular weight excluding hydrogens is 228 g/mol. The average Bonchev–Trinajstić information content (AvgIpc) is 2.61. The lowest BCUT2D eigenvalue weighted by molar-refractivity contribution is -0.112. The Balaban J connectivity index is 1.99. The summed E-state index contributed by atoms with van der Waals surface area (Å²) in [7, 11) is 0.